The van der Waals surface area contributed by atoms with Gasteiger partial charge in [0, 0.05) is 40.9 Å². The van der Waals surface area contributed by atoms with Crippen molar-refractivity contribution in [2.75, 3.05) is 85.3 Å². The second-order valence-electron chi connectivity index (χ2n) is 30.3. The molecule has 34 nitrogen and oxygen atoms in total. The van der Waals surface area contributed by atoms with Crippen molar-refractivity contribution in [3.63, 3.8) is 0 Å². The van der Waals surface area contributed by atoms with Crippen LogP contribution in [0.25, 0.3) is 0 Å². The molecule has 660 valence electrons. The van der Waals surface area contributed by atoms with Crippen molar-refractivity contribution in [2.45, 2.75) is 259 Å². The van der Waals surface area contributed by atoms with E-state index in [0.717, 1.165) is 6.42 Å². The lowest BCUT2D eigenvalue weighted by Crippen LogP contribution is -2.60. The second kappa shape index (κ2) is 56.7. The summed E-state index contributed by atoms with van der Waals surface area (Å²) < 4.78 is 23.7. The maximum Gasteiger partial charge on any atom is 0.340 e. The number of unbranched alkanes of at least 4 members (excludes halogenated alkanes) is 16. The van der Waals surface area contributed by atoms with Crippen LogP contribution >= 0.6 is 12.2 Å². The predicted molar refractivity (Wildman–Crippen MR) is 454 cm³/mol. The summed E-state index contributed by atoms with van der Waals surface area (Å²) in [7, 11) is 0. The average Bonchev–Trinajstić information content (AvgIpc) is 1.50. The van der Waals surface area contributed by atoms with E-state index >= 15 is 0 Å². The lowest BCUT2D eigenvalue weighted by molar-refractivity contribution is -0.136. The minimum atomic E-state index is -1.44. The van der Waals surface area contributed by atoms with Gasteiger partial charge in [0.25, 0.3) is 0 Å². The largest absolute Gasteiger partial charge is 0.508 e. The number of phenols is 2. The number of phenolic OH excluding ortho intramolecular Hbond substituents is 2. The zero-order valence-corrected chi connectivity index (χ0v) is 69.7. The van der Waals surface area contributed by atoms with Gasteiger partial charge >= 0.3 is 5.97 Å². The Hall–Kier alpha value is -8.75. The number of fused-ring (bicyclic) bond motifs is 6. The number of nitrogens with one attached hydrogen (secondary N) is 9. The third-order valence-corrected chi connectivity index (χ3v) is 21.2. The molecule has 2 heterocycles. The molecule has 2 aliphatic heterocycles. The normalized spacial score (nSPS) is 14.4. The SMILES string of the molecule is NCCCCCC(NC(=O)C(CCCCCN)NC(=O)C(CCCCCN)NC(=O)C(CCCCCN)NC(=O)C(CCCCCN)NC(=O)C(CCCCCN)NC(=O)C(CCCCCN)NC(=O)C(CCCCCN)NC(=O)COCCOCCNC(=S)c1ccc2c(c1)C(=O)OC21c2ccc(O)cc2Oc2cc(O)ccc21)C(N)=O. The van der Waals surface area contributed by atoms with Gasteiger partial charge in [0.1, 0.15) is 82.9 Å². The number of nitrogens with two attached hydrogens (primary N) is 9. The summed E-state index contributed by atoms with van der Waals surface area (Å²) in [5.74, 6) is -6.35. The number of ether oxygens (including phenoxy) is 4. The fraction of sp³-hybridized carbons (Fsp3) is 0.651. The van der Waals surface area contributed by atoms with Crippen molar-refractivity contribution < 1.29 is 77.1 Å². The quantitative estimate of drug-likeness (QED) is 0.0219. The van der Waals surface area contributed by atoms with Crippen molar-refractivity contribution in [2.24, 2.45) is 51.6 Å². The highest BCUT2D eigenvalue weighted by atomic mass is 32.1. The molecule has 8 atom stereocenters. The van der Waals surface area contributed by atoms with Gasteiger partial charge in [-0.05, 0) is 185 Å². The smallest absolute Gasteiger partial charge is 0.340 e. The molecule has 9 amide bonds. The van der Waals surface area contributed by atoms with E-state index in [4.69, 9.17) is 82.8 Å². The number of amides is 9. The van der Waals surface area contributed by atoms with Gasteiger partial charge in [0.05, 0.1) is 25.4 Å². The van der Waals surface area contributed by atoms with E-state index in [0.29, 0.717) is 227 Å². The van der Waals surface area contributed by atoms with Crippen LogP contribution in [0.5, 0.6) is 23.0 Å². The molecular formula is C83H136N18O16S. The number of carbonyl (C=O) groups excluding carboxylic acids is 10. The third kappa shape index (κ3) is 34.2. The number of benzene rings is 3. The molecule has 0 saturated carbocycles. The zero-order chi connectivity index (χ0) is 86.0. The van der Waals surface area contributed by atoms with Crippen molar-refractivity contribution in [1.82, 2.24) is 47.9 Å². The van der Waals surface area contributed by atoms with E-state index in [-0.39, 0.29) is 106 Å². The standard InChI is InChI=1S/C83H136N18O16S/c84-39-17-1-9-25-62(73(92)105)95-75(107)64(27-11-3-19-41-86)97-77(109)66(29-13-5-21-43-88)99-79(111)68(31-15-7-23-45-90)101-80(112)69(32-16-8-24-46-91)100-78(110)67(30-14-6-22-44-89)98-76(108)65(28-12-4-20-42-87)96-74(106)63(26-10-2-18-40-85)94-72(104)54-115-50-49-114-48-47-93-81(118)55-33-36-59-58(51-55)82(113)117-83(59)60-37-34-56(102)52-70(60)116-71-53-57(103)35-38-61(71)83/h33-38,51-53,62-69,102-103H,1-32,39-50,54,84-91H2,(H2,92,105)(H,93,118)(H,94,104)(H,95,107)(H,96,106)(H,97,109)(H,98,108)(H,99,111)(H,100,110)(H,101,112). The lowest BCUT2D eigenvalue weighted by atomic mass is 9.77. The van der Waals surface area contributed by atoms with Crippen LogP contribution in [-0.4, -0.2) is 208 Å². The van der Waals surface area contributed by atoms with E-state index < -0.39 is 120 Å². The van der Waals surface area contributed by atoms with Crippen molar-refractivity contribution in [3.05, 3.63) is 82.4 Å². The molecule has 0 aromatic heterocycles. The first-order chi connectivity index (χ1) is 57.0. The molecule has 3 aromatic rings. The van der Waals surface area contributed by atoms with Crippen LogP contribution in [-0.2, 0) is 63.0 Å². The van der Waals surface area contributed by atoms with E-state index in [9.17, 15) is 58.2 Å². The molecule has 8 unspecified atom stereocenters. The van der Waals surface area contributed by atoms with Crippen LogP contribution < -0.4 is 104 Å². The number of hydrogen-bond acceptors (Lipinski definition) is 25. The lowest BCUT2D eigenvalue weighted by Gasteiger charge is -2.36. The summed E-state index contributed by atoms with van der Waals surface area (Å²) in [5, 5.41) is 46.6. The fourth-order valence-corrected chi connectivity index (χ4v) is 14.5. The van der Waals surface area contributed by atoms with Crippen LogP contribution in [0, 0.1) is 0 Å². The maximum atomic E-state index is 14.9. The zero-order valence-electron chi connectivity index (χ0n) is 68.8. The Balaban J connectivity index is 1.27. The van der Waals surface area contributed by atoms with Gasteiger partial charge in [-0.1, -0.05) is 127 Å². The third-order valence-electron chi connectivity index (χ3n) is 20.9. The highest BCUT2D eigenvalue weighted by molar-refractivity contribution is 7.80. The van der Waals surface area contributed by atoms with Crippen LogP contribution in [0.2, 0.25) is 0 Å². The van der Waals surface area contributed by atoms with Gasteiger partial charge in [-0.2, -0.15) is 0 Å². The number of aromatic hydroxyl groups is 2. The molecule has 1 spiro atoms. The Bertz CT molecular complexity index is 3570. The summed E-state index contributed by atoms with van der Waals surface area (Å²) in [6.07, 6.45) is 15.1. The molecule has 0 fully saturated rings. The van der Waals surface area contributed by atoms with E-state index in [2.05, 4.69) is 47.9 Å². The van der Waals surface area contributed by atoms with Crippen molar-refractivity contribution >= 4 is 76.3 Å². The highest BCUT2D eigenvalue weighted by Gasteiger charge is 2.54. The number of rotatable bonds is 65. The number of thiocarbonyl (C=S) groups is 1. The molecule has 5 rings (SSSR count). The summed E-state index contributed by atoms with van der Waals surface area (Å²) in [6.45, 7) is 3.23. The molecule has 0 radical (unpaired) electrons. The number of hydrogen-bond donors (Lipinski definition) is 20. The Morgan fingerprint density at radius 3 is 0.992 bits per heavy atom. The molecule has 0 bridgehead atoms. The average molecular weight is 1670 g/mol. The number of esters is 1. The molecule has 0 saturated heterocycles. The van der Waals surface area contributed by atoms with Crippen LogP contribution in [0.15, 0.2) is 54.6 Å². The second-order valence-corrected chi connectivity index (χ2v) is 30.7. The number of primary amides is 1. The van der Waals surface area contributed by atoms with Crippen LogP contribution in [0.3, 0.4) is 0 Å². The Morgan fingerprint density at radius 1 is 0.373 bits per heavy atom. The van der Waals surface area contributed by atoms with Gasteiger partial charge in [-0.25, -0.2) is 4.79 Å². The van der Waals surface area contributed by atoms with Gasteiger partial charge < -0.3 is 129 Å². The molecule has 0 aliphatic carbocycles. The topological polar surface area (TPSA) is 591 Å². The van der Waals surface area contributed by atoms with Gasteiger partial charge in [-0.3, -0.25) is 43.2 Å². The predicted octanol–water partition coefficient (Wildman–Crippen LogP) is 2.48. The molecule has 3 aromatic carbocycles. The summed E-state index contributed by atoms with van der Waals surface area (Å²) in [5.41, 5.74) is 53.3. The van der Waals surface area contributed by atoms with Gasteiger partial charge in [0.2, 0.25) is 53.2 Å². The minimum Gasteiger partial charge on any atom is -0.508 e. The van der Waals surface area contributed by atoms with Crippen LogP contribution in [0.4, 0.5) is 0 Å². The number of carbonyl (C=O) groups is 10. The molecule has 118 heavy (non-hydrogen) atoms. The van der Waals surface area contributed by atoms with E-state index in [1.165, 1.54) is 24.3 Å². The van der Waals surface area contributed by atoms with E-state index in [1.54, 1.807) is 30.3 Å². The summed E-state index contributed by atoms with van der Waals surface area (Å²) >= 11 is 5.72. The summed E-state index contributed by atoms with van der Waals surface area (Å²) in [6, 6.07) is 4.73. The minimum absolute atomic E-state index is 0.00268. The van der Waals surface area contributed by atoms with E-state index in [1.807, 2.05) is 0 Å². The first-order valence-electron chi connectivity index (χ1n) is 42.5. The Labute approximate surface area is 699 Å². The highest BCUT2D eigenvalue weighted by Crippen LogP contribution is 2.57. The first kappa shape index (κ1) is 99.8. The summed E-state index contributed by atoms with van der Waals surface area (Å²) in [4.78, 5) is 143. The van der Waals surface area contributed by atoms with Gasteiger partial charge in [-0.15, -0.1) is 0 Å². The van der Waals surface area contributed by atoms with Gasteiger partial charge in [0.15, 0.2) is 5.60 Å². The fourth-order valence-electron chi connectivity index (χ4n) is 14.2. The van der Waals surface area contributed by atoms with Crippen molar-refractivity contribution in [1.29, 1.82) is 0 Å². The molecule has 35 heteroatoms. The molecule has 2 aliphatic rings. The first-order valence-corrected chi connectivity index (χ1v) is 42.9. The van der Waals surface area contributed by atoms with Crippen LogP contribution in [0.1, 0.15) is 238 Å². The Morgan fingerprint density at radius 2 is 0.669 bits per heavy atom. The maximum absolute atomic E-state index is 14.9. The molecular weight excluding hydrogens is 1540 g/mol. The molecule has 29 N–H and O–H groups in total. The Kier molecular flexibility index (Phi) is 47.9. The monoisotopic (exact) mass is 1670 g/mol. The van der Waals surface area contributed by atoms with Crippen molar-refractivity contribution in [3.8, 4) is 23.0 Å².